The Bertz CT molecular complexity index is 475. The first kappa shape index (κ1) is 18.1. The monoisotopic (exact) mass is 295 g/mol. The summed E-state index contributed by atoms with van der Waals surface area (Å²) in [6.07, 6.45) is 10.3. The van der Waals surface area contributed by atoms with E-state index in [-0.39, 0.29) is 0 Å². The van der Waals surface area contributed by atoms with Crippen molar-refractivity contribution in [1.82, 2.24) is 4.57 Å². The molecule has 0 saturated heterocycles. The van der Waals surface area contributed by atoms with E-state index < -0.39 is 0 Å². The normalized spacial score (nSPS) is 11.3. The van der Waals surface area contributed by atoms with Crippen LogP contribution in [-0.4, -0.2) is 4.57 Å². The van der Waals surface area contributed by atoms with Crippen molar-refractivity contribution in [3.63, 3.8) is 0 Å². The third kappa shape index (κ3) is 6.17. The summed E-state index contributed by atoms with van der Waals surface area (Å²) in [5.41, 5.74) is 2.30. The minimum atomic E-state index is 0.935. The summed E-state index contributed by atoms with van der Waals surface area (Å²) in [5.74, 6) is 0. The SMILES string of the molecule is C=C/C(=C\C=C/C)c1csc(=S)n1CCC.CCC. The van der Waals surface area contributed by atoms with Gasteiger partial charge in [-0.15, -0.1) is 11.3 Å². The van der Waals surface area contributed by atoms with E-state index in [1.807, 2.05) is 25.2 Å². The second-order valence-electron chi connectivity index (χ2n) is 4.10. The van der Waals surface area contributed by atoms with Crippen LogP contribution in [0.2, 0.25) is 0 Å². The molecule has 0 amide bonds. The summed E-state index contributed by atoms with van der Waals surface area (Å²) in [6, 6.07) is 0. The van der Waals surface area contributed by atoms with Crippen molar-refractivity contribution in [3.05, 3.63) is 45.9 Å². The molecule has 0 radical (unpaired) electrons. The van der Waals surface area contributed by atoms with Crippen molar-refractivity contribution in [1.29, 1.82) is 0 Å². The highest BCUT2D eigenvalue weighted by atomic mass is 32.1. The van der Waals surface area contributed by atoms with Gasteiger partial charge in [-0.1, -0.05) is 58.1 Å². The summed E-state index contributed by atoms with van der Waals surface area (Å²) in [6.45, 7) is 13.2. The van der Waals surface area contributed by atoms with Gasteiger partial charge in [-0.2, -0.15) is 0 Å². The minimum absolute atomic E-state index is 0.935. The van der Waals surface area contributed by atoms with Gasteiger partial charge in [-0.25, -0.2) is 0 Å². The molecule has 1 rings (SSSR count). The summed E-state index contributed by atoms with van der Waals surface area (Å²) in [4.78, 5) is 0. The molecule has 0 saturated carbocycles. The Kier molecular flexibility index (Phi) is 10.4. The maximum atomic E-state index is 5.32. The molecular formula is C16H25NS2. The lowest BCUT2D eigenvalue weighted by atomic mass is 10.2. The van der Waals surface area contributed by atoms with Gasteiger partial charge >= 0.3 is 0 Å². The molecule has 0 atom stereocenters. The first-order valence-corrected chi connectivity index (χ1v) is 8.08. The molecule has 106 valence electrons. The highest BCUT2D eigenvalue weighted by molar-refractivity contribution is 7.73. The minimum Gasteiger partial charge on any atom is -0.323 e. The van der Waals surface area contributed by atoms with Gasteiger partial charge in [0.15, 0.2) is 3.95 Å². The van der Waals surface area contributed by atoms with Crippen molar-refractivity contribution < 1.29 is 0 Å². The van der Waals surface area contributed by atoms with Gasteiger partial charge < -0.3 is 4.57 Å². The van der Waals surface area contributed by atoms with E-state index in [1.165, 1.54) is 12.1 Å². The molecule has 0 aromatic carbocycles. The molecule has 0 fully saturated rings. The van der Waals surface area contributed by atoms with Crippen molar-refractivity contribution in [3.8, 4) is 0 Å². The van der Waals surface area contributed by atoms with Crippen LogP contribution in [-0.2, 0) is 6.54 Å². The summed E-state index contributed by atoms with van der Waals surface area (Å²) in [7, 11) is 0. The summed E-state index contributed by atoms with van der Waals surface area (Å²) < 4.78 is 3.11. The standard InChI is InChI=1S/C13H17NS2.C3H8/c1-4-7-8-11(6-3)12-10-16-13(15)14(12)9-5-2;1-3-2/h4,6-8,10H,3,5,9H2,1-2H3;3H2,1-2H3/b7-4-,11-8+;. The zero-order valence-corrected chi connectivity index (χ0v) is 14.1. The van der Waals surface area contributed by atoms with Crippen LogP contribution in [0.5, 0.6) is 0 Å². The molecule has 0 unspecified atom stereocenters. The lowest BCUT2D eigenvalue weighted by Gasteiger charge is -2.07. The molecule has 1 aromatic rings. The number of thiazole rings is 1. The average Bonchev–Trinajstić information content (AvgIpc) is 2.74. The Balaban J connectivity index is 0.000000982. The average molecular weight is 296 g/mol. The highest BCUT2D eigenvalue weighted by Gasteiger charge is 2.05. The molecule has 0 spiro atoms. The van der Waals surface area contributed by atoms with Crippen molar-refractivity contribution in [2.24, 2.45) is 0 Å². The Hall–Kier alpha value is -0.930. The van der Waals surface area contributed by atoms with Gasteiger partial charge in [0.05, 0.1) is 5.69 Å². The zero-order chi connectivity index (χ0) is 14.7. The fraction of sp³-hybridized carbons (Fsp3) is 0.438. The van der Waals surface area contributed by atoms with E-state index in [9.17, 15) is 0 Å². The highest BCUT2D eigenvalue weighted by Crippen LogP contribution is 2.21. The molecule has 1 nitrogen and oxygen atoms in total. The third-order valence-corrected chi connectivity index (χ3v) is 3.49. The van der Waals surface area contributed by atoms with E-state index in [0.717, 1.165) is 22.5 Å². The van der Waals surface area contributed by atoms with Crippen molar-refractivity contribution in [2.75, 3.05) is 0 Å². The van der Waals surface area contributed by atoms with Gasteiger partial charge in [0.2, 0.25) is 0 Å². The molecule has 0 aliphatic rings. The van der Waals surface area contributed by atoms with Crippen molar-refractivity contribution >= 4 is 29.1 Å². The molecule has 19 heavy (non-hydrogen) atoms. The number of aromatic nitrogens is 1. The smallest absolute Gasteiger partial charge is 0.161 e. The number of nitrogens with zero attached hydrogens (tertiary/aromatic N) is 1. The summed E-state index contributed by atoms with van der Waals surface area (Å²) >= 11 is 6.93. The van der Waals surface area contributed by atoms with Gasteiger partial charge in [-0.05, 0) is 31.1 Å². The van der Waals surface area contributed by atoms with E-state index >= 15 is 0 Å². The van der Waals surface area contributed by atoms with Crippen LogP contribution in [0.25, 0.3) is 5.57 Å². The Labute approximate surface area is 127 Å². The van der Waals surface area contributed by atoms with Crippen LogP contribution in [0, 0.1) is 3.95 Å². The quantitative estimate of drug-likeness (QED) is 0.459. The Morgan fingerprint density at radius 3 is 2.53 bits per heavy atom. The number of rotatable bonds is 5. The number of hydrogen-bond acceptors (Lipinski definition) is 2. The van der Waals surface area contributed by atoms with Gasteiger partial charge in [0.1, 0.15) is 0 Å². The predicted octanol–water partition coefficient (Wildman–Crippen LogP) is 6.25. The molecule has 0 bridgehead atoms. The molecular weight excluding hydrogens is 270 g/mol. The van der Waals surface area contributed by atoms with E-state index in [4.69, 9.17) is 12.2 Å². The van der Waals surface area contributed by atoms with Gasteiger partial charge in [-0.3, -0.25) is 0 Å². The van der Waals surface area contributed by atoms with E-state index in [2.05, 4.69) is 43.4 Å². The molecule has 0 N–H and O–H groups in total. The topological polar surface area (TPSA) is 4.93 Å². The molecule has 3 heteroatoms. The molecule has 0 aliphatic heterocycles. The number of allylic oxidation sites excluding steroid dienone is 5. The lowest BCUT2D eigenvalue weighted by Crippen LogP contribution is -2.00. The van der Waals surface area contributed by atoms with Crippen LogP contribution in [0.1, 0.15) is 46.2 Å². The molecule has 1 aromatic heterocycles. The van der Waals surface area contributed by atoms with Gasteiger partial charge in [0, 0.05) is 11.9 Å². The van der Waals surface area contributed by atoms with Crippen LogP contribution in [0.15, 0.2) is 36.3 Å². The van der Waals surface area contributed by atoms with Crippen LogP contribution < -0.4 is 0 Å². The fourth-order valence-corrected chi connectivity index (χ4v) is 2.58. The van der Waals surface area contributed by atoms with Crippen LogP contribution in [0.4, 0.5) is 0 Å². The fourth-order valence-electron chi connectivity index (χ4n) is 1.45. The van der Waals surface area contributed by atoms with Crippen molar-refractivity contribution in [2.45, 2.75) is 47.1 Å². The Morgan fingerprint density at radius 1 is 1.42 bits per heavy atom. The van der Waals surface area contributed by atoms with E-state index in [0.29, 0.717) is 0 Å². The summed E-state index contributed by atoms with van der Waals surface area (Å²) in [5, 5.41) is 2.11. The van der Waals surface area contributed by atoms with Gasteiger partial charge in [0.25, 0.3) is 0 Å². The number of hydrogen-bond donors (Lipinski definition) is 0. The largest absolute Gasteiger partial charge is 0.323 e. The van der Waals surface area contributed by atoms with E-state index in [1.54, 1.807) is 11.3 Å². The molecule has 1 heterocycles. The first-order valence-electron chi connectivity index (χ1n) is 6.80. The second-order valence-corrected chi connectivity index (χ2v) is 5.60. The maximum Gasteiger partial charge on any atom is 0.161 e. The van der Waals surface area contributed by atoms with Crippen LogP contribution in [0.3, 0.4) is 0 Å². The Morgan fingerprint density at radius 2 is 2.05 bits per heavy atom. The predicted molar refractivity (Wildman–Crippen MR) is 92.4 cm³/mol. The molecule has 0 aliphatic carbocycles. The third-order valence-electron chi connectivity index (χ3n) is 2.21. The first-order chi connectivity index (χ1) is 9.15. The maximum absolute atomic E-state index is 5.32. The second kappa shape index (κ2) is 10.9. The lowest BCUT2D eigenvalue weighted by molar-refractivity contribution is 0.673. The zero-order valence-electron chi connectivity index (χ0n) is 12.5. The van der Waals surface area contributed by atoms with Crippen LogP contribution >= 0.6 is 23.6 Å².